The van der Waals surface area contributed by atoms with Gasteiger partial charge in [0.05, 0.1) is 18.6 Å². The molecule has 1 aromatic rings. The molecule has 24 heavy (non-hydrogen) atoms. The van der Waals surface area contributed by atoms with Gasteiger partial charge in [-0.2, -0.15) is 9.84 Å². The number of benzene rings is 1. The van der Waals surface area contributed by atoms with E-state index in [1.807, 2.05) is 59.2 Å². The Bertz CT molecular complexity index is 624. The fourth-order valence-corrected chi connectivity index (χ4v) is 2.15. The van der Waals surface area contributed by atoms with Crippen LogP contribution in [0.1, 0.15) is 65.2 Å². The smallest absolute Gasteiger partial charge is 0.373 e. The Morgan fingerprint density at radius 1 is 1.17 bits per heavy atom. The van der Waals surface area contributed by atoms with Gasteiger partial charge in [-0.05, 0) is 58.7 Å². The Morgan fingerprint density at radius 2 is 1.67 bits per heavy atom. The summed E-state index contributed by atoms with van der Waals surface area (Å²) in [5.41, 5.74) is 0.938. The Kier molecular flexibility index (Phi) is 7.63. The van der Waals surface area contributed by atoms with Gasteiger partial charge in [0, 0.05) is 0 Å². The number of aryl methyl sites for hydroxylation is 1. The first-order chi connectivity index (χ1) is 11.0. The highest BCUT2D eigenvalue weighted by Gasteiger charge is 2.31. The number of hydrogen-bond donors (Lipinski definition) is 0. The van der Waals surface area contributed by atoms with Crippen molar-refractivity contribution in [2.24, 2.45) is 0 Å². The third-order valence-electron chi connectivity index (χ3n) is 4.01. The molecule has 4 heteroatoms. The molecule has 0 heterocycles. The lowest BCUT2D eigenvalue weighted by Gasteiger charge is -2.20. The molecule has 0 saturated carbocycles. The van der Waals surface area contributed by atoms with Crippen molar-refractivity contribution in [1.29, 1.82) is 5.26 Å². The molecule has 0 spiro atoms. The normalized spacial score (nSPS) is 12.6. The van der Waals surface area contributed by atoms with Gasteiger partial charge in [0.2, 0.25) is 0 Å². The van der Waals surface area contributed by atoms with E-state index in [-0.39, 0.29) is 11.4 Å². The van der Waals surface area contributed by atoms with Crippen molar-refractivity contribution in [1.82, 2.24) is 0 Å². The summed E-state index contributed by atoms with van der Waals surface area (Å²) < 4.78 is 22.1. The summed E-state index contributed by atoms with van der Waals surface area (Å²) in [6.07, 6.45) is 0. The van der Waals surface area contributed by atoms with Crippen LogP contribution in [0.2, 0.25) is 0 Å². The lowest BCUT2D eigenvalue weighted by molar-refractivity contribution is -0.577. The van der Waals surface area contributed by atoms with E-state index >= 15 is 0 Å². The van der Waals surface area contributed by atoms with E-state index in [4.69, 9.17) is 4.74 Å². The lowest BCUT2D eigenvalue weighted by Crippen LogP contribution is -2.36. The Labute approximate surface area is 146 Å². The van der Waals surface area contributed by atoms with Gasteiger partial charge >= 0.3 is 5.90 Å². The average Bonchev–Trinajstić information content (AvgIpc) is 2.51. The molecule has 0 aliphatic rings. The molecule has 0 amide bonds. The van der Waals surface area contributed by atoms with Crippen LogP contribution in [0.15, 0.2) is 12.1 Å². The summed E-state index contributed by atoms with van der Waals surface area (Å²) in [5.74, 6) is 0.120. The summed E-state index contributed by atoms with van der Waals surface area (Å²) in [6.45, 7) is 15.5. The maximum absolute atomic E-state index is 14.7. The predicted molar refractivity (Wildman–Crippen MR) is 98.2 cm³/mol. The number of rotatable bonds is 2. The number of hydrogen-bond acceptors (Lipinski definition) is 2. The van der Waals surface area contributed by atoms with E-state index in [0.717, 1.165) is 5.56 Å². The molecule has 0 unspecified atom stereocenters. The minimum Gasteiger partial charge on any atom is -0.448 e. The van der Waals surface area contributed by atoms with Crippen molar-refractivity contribution < 1.29 is 13.7 Å². The van der Waals surface area contributed by atoms with Gasteiger partial charge in [-0.1, -0.05) is 19.9 Å². The summed E-state index contributed by atoms with van der Waals surface area (Å²) in [7, 11) is 3.43. The van der Waals surface area contributed by atoms with Crippen molar-refractivity contribution in [3.63, 3.8) is 0 Å². The topological polar surface area (TPSA) is 36.0 Å². The SMILES string of the molecule is CC.COC(c1c(C)cc(C(C)(C)C#N)cc1F)=[N+](C)C(C)(C)C. The van der Waals surface area contributed by atoms with Crippen molar-refractivity contribution >= 4 is 5.90 Å². The van der Waals surface area contributed by atoms with Crippen molar-refractivity contribution in [3.05, 3.63) is 34.6 Å². The second kappa shape index (κ2) is 8.28. The number of methoxy groups -OCH3 is 1. The van der Waals surface area contributed by atoms with Crippen LogP contribution in [0.4, 0.5) is 4.39 Å². The molecule has 0 aliphatic heterocycles. The standard InChI is InChI=1S/C18H26FN2O.C2H6/c1-12-9-13(18(5,6)11-20)10-14(19)15(12)16(22-8)21(7)17(2,3)4;1-2/h9-10H,1-8H3;1-2H3/q+1;. The highest BCUT2D eigenvalue weighted by atomic mass is 19.1. The molecule has 0 aromatic heterocycles. The van der Waals surface area contributed by atoms with E-state index in [0.29, 0.717) is 17.0 Å². The van der Waals surface area contributed by atoms with Crippen molar-refractivity contribution in [3.8, 4) is 6.07 Å². The van der Waals surface area contributed by atoms with Crippen LogP contribution in [0.5, 0.6) is 0 Å². The molecule has 3 nitrogen and oxygen atoms in total. The summed E-state index contributed by atoms with van der Waals surface area (Å²) >= 11 is 0. The molecule has 0 radical (unpaired) electrons. The molecule has 0 saturated heterocycles. The number of ether oxygens (including phenoxy) is 1. The van der Waals surface area contributed by atoms with Gasteiger partial charge in [0.1, 0.15) is 18.4 Å². The molecular weight excluding hydrogens is 303 g/mol. The first-order valence-electron chi connectivity index (χ1n) is 8.32. The van der Waals surface area contributed by atoms with E-state index < -0.39 is 5.41 Å². The van der Waals surface area contributed by atoms with Gasteiger partial charge in [-0.25, -0.2) is 4.39 Å². The zero-order chi connectivity index (χ0) is 19.3. The number of nitriles is 1. The second-order valence-corrected chi connectivity index (χ2v) is 7.13. The quantitative estimate of drug-likeness (QED) is 0.442. The summed E-state index contributed by atoms with van der Waals surface area (Å²) in [4.78, 5) is 0. The molecule has 0 aliphatic carbocycles. The van der Waals surface area contributed by atoms with Gasteiger partial charge in [-0.15, -0.1) is 0 Å². The van der Waals surface area contributed by atoms with E-state index in [2.05, 4.69) is 6.07 Å². The third-order valence-corrected chi connectivity index (χ3v) is 4.01. The fraction of sp³-hybridized carbons (Fsp3) is 0.600. The zero-order valence-corrected chi connectivity index (χ0v) is 16.8. The summed E-state index contributed by atoms with van der Waals surface area (Å²) in [5, 5.41) is 9.24. The van der Waals surface area contributed by atoms with Crippen molar-refractivity contribution in [2.75, 3.05) is 14.2 Å². The molecule has 0 atom stereocenters. The first-order valence-corrected chi connectivity index (χ1v) is 8.32. The molecule has 0 fully saturated rings. The van der Waals surface area contributed by atoms with Crippen LogP contribution in [-0.4, -0.2) is 30.2 Å². The summed E-state index contributed by atoms with van der Waals surface area (Å²) in [6, 6.07) is 5.50. The van der Waals surface area contributed by atoms with E-state index in [9.17, 15) is 9.65 Å². The molecule has 134 valence electrons. The van der Waals surface area contributed by atoms with Crippen LogP contribution < -0.4 is 0 Å². The van der Waals surface area contributed by atoms with Crippen LogP contribution >= 0.6 is 0 Å². The molecule has 0 bridgehead atoms. The molecule has 1 aromatic carbocycles. The largest absolute Gasteiger partial charge is 0.448 e. The fourth-order valence-electron chi connectivity index (χ4n) is 2.15. The van der Waals surface area contributed by atoms with Crippen LogP contribution in [0.3, 0.4) is 0 Å². The molecular formula is C20H32FN2O+. The van der Waals surface area contributed by atoms with Crippen molar-refractivity contribution in [2.45, 2.75) is 66.3 Å². The number of halogens is 1. The first kappa shape index (κ1) is 22.1. The third kappa shape index (κ3) is 4.80. The maximum atomic E-state index is 14.7. The molecule has 1 rings (SSSR count). The highest BCUT2D eigenvalue weighted by Crippen LogP contribution is 2.27. The minimum absolute atomic E-state index is 0.200. The average molecular weight is 335 g/mol. The molecule has 0 N–H and O–H groups in total. The van der Waals surface area contributed by atoms with E-state index in [1.54, 1.807) is 21.0 Å². The predicted octanol–water partition coefficient (Wildman–Crippen LogP) is 4.80. The monoisotopic (exact) mass is 335 g/mol. The minimum atomic E-state index is -0.729. The van der Waals surface area contributed by atoms with Gasteiger partial charge in [-0.3, -0.25) is 0 Å². The Morgan fingerprint density at radius 3 is 2.00 bits per heavy atom. The maximum Gasteiger partial charge on any atom is 0.373 e. The number of nitrogens with zero attached hydrogens (tertiary/aromatic N) is 2. The van der Waals surface area contributed by atoms with Crippen LogP contribution in [0, 0.1) is 24.1 Å². The van der Waals surface area contributed by atoms with E-state index in [1.165, 1.54) is 6.07 Å². The second-order valence-electron chi connectivity index (χ2n) is 7.13. The lowest BCUT2D eigenvalue weighted by atomic mass is 9.84. The van der Waals surface area contributed by atoms with Gasteiger partial charge in [0.25, 0.3) is 0 Å². The van der Waals surface area contributed by atoms with Gasteiger partial charge in [0.15, 0.2) is 5.54 Å². The van der Waals surface area contributed by atoms with Gasteiger partial charge < -0.3 is 4.74 Å². The van der Waals surface area contributed by atoms with Crippen LogP contribution in [-0.2, 0) is 10.2 Å². The Hall–Kier alpha value is -1.89. The highest BCUT2D eigenvalue weighted by molar-refractivity contribution is 5.92. The Balaban J connectivity index is 0.00000254. The van der Waals surface area contributed by atoms with Crippen LogP contribution in [0.25, 0.3) is 0 Å². The zero-order valence-electron chi connectivity index (χ0n) is 16.8.